The van der Waals surface area contributed by atoms with Crippen LogP contribution in [0.25, 0.3) is 10.2 Å². The monoisotopic (exact) mass is 291 g/mol. The second-order valence-corrected chi connectivity index (χ2v) is 6.67. The van der Waals surface area contributed by atoms with Crippen LogP contribution in [0.15, 0.2) is 23.7 Å². The summed E-state index contributed by atoms with van der Waals surface area (Å²) in [5, 5.41) is 2.95. The summed E-state index contributed by atoms with van der Waals surface area (Å²) in [6.45, 7) is 4.96. The number of carbonyl (C=O) groups excluding carboxylic acids is 1. The number of nitrogens with zero attached hydrogens (tertiary/aromatic N) is 1. The Hall–Kier alpha value is -1.46. The average molecular weight is 291 g/mol. The number of anilines is 1. The number of hydrogen-bond donors (Lipinski definition) is 2. The molecule has 4 nitrogen and oxygen atoms in total. The Morgan fingerprint density at radius 1 is 1.40 bits per heavy atom. The molecular weight excluding hydrogens is 270 g/mol. The first-order valence-corrected chi connectivity index (χ1v) is 7.71. The number of aromatic nitrogens is 1. The van der Waals surface area contributed by atoms with E-state index >= 15 is 0 Å². The minimum atomic E-state index is 0.0546. The van der Waals surface area contributed by atoms with Crippen molar-refractivity contribution in [3.05, 3.63) is 23.7 Å². The van der Waals surface area contributed by atoms with Crippen molar-refractivity contribution < 1.29 is 4.79 Å². The first kappa shape index (κ1) is 14.9. The Morgan fingerprint density at radius 2 is 2.20 bits per heavy atom. The van der Waals surface area contributed by atoms with Gasteiger partial charge in [-0.15, -0.1) is 11.3 Å². The molecule has 0 unspecified atom stereocenters. The van der Waals surface area contributed by atoms with Gasteiger partial charge in [-0.2, -0.15) is 0 Å². The summed E-state index contributed by atoms with van der Waals surface area (Å²) in [6, 6.07) is 5.79. The average Bonchev–Trinajstić information content (AvgIpc) is 2.84. The molecule has 2 rings (SSSR count). The van der Waals surface area contributed by atoms with Crippen molar-refractivity contribution in [1.29, 1.82) is 0 Å². The number of fused-ring (bicyclic) bond motifs is 1. The summed E-state index contributed by atoms with van der Waals surface area (Å²) in [4.78, 5) is 16.2. The number of nitrogens with one attached hydrogen (secondary N) is 1. The minimum absolute atomic E-state index is 0.0546. The maximum atomic E-state index is 12.0. The molecule has 0 radical (unpaired) electrons. The van der Waals surface area contributed by atoms with Crippen LogP contribution in [0.3, 0.4) is 0 Å². The minimum Gasteiger partial charge on any atom is -0.330 e. The lowest BCUT2D eigenvalue weighted by Gasteiger charge is -2.23. The zero-order valence-electron chi connectivity index (χ0n) is 12.0. The first-order chi connectivity index (χ1) is 9.50. The van der Waals surface area contributed by atoms with Gasteiger partial charge in [-0.05, 0) is 43.0 Å². The van der Waals surface area contributed by atoms with Crippen molar-refractivity contribution in [1.82, 2.24) is 4.98 Å². The Morgan fingerprint density at radius 3 is 2.95 bits per heavy atom. The maximum Gasteiger partial charge on any atom is 0.224 e. The van der Waals surface area contributed by atoms with Crippen LogP contribution in [0.4, 0.5) is 5.69 Å². The molecule has 0 bridgehead atoms. The number of nitrogens with two attached hydrogens (primary N) is 1. The molecular formula is C15H21N3OS. The quantitative estimate of drug-likeness (QED) is 0.857. The summed E-state index contributed by atoms with van der Waals surface area (Å²) >= 11 is 1.58. The van der Waals surface area contributed by atoms with Gasteiger partial charge in [-0.1, -0.05) is 13.8 Å². The van der Waals surface area contributed by atoms with Gasteiger partial charge in [0.15, 0.2) is 0 Å². The summed E-state index contributed by atoms with van der Waals surface area (Å²) in [6.07, 6.45) is 2.31. The van der Waals surface area contributed by atoms with Crippen LogP contribution in [-0.4, -0.2) is 17.4 Å². The number of thiazole rings is 1. The summed E-state index contributed by atoms with van der Waals surface area (Å²) in [7, 11) is 0. The summed E-state index contributed by atoms with van der Waals surface area (Å²) < 4.78 is 1.09. The van der Waals surface area contributed by atoms with Gasteiger partial charge in [0.25, 0.3) is 0 Å². The predicted octanol–water partition coefficient (Wildman–Crippen LogP) is 3.39. The third-order valence-electron chi connectivity index (χ3n) is 3.46. The largest absolute Gasteiger partial charge is 0.330 e. The lowest BCUT2D eigenvalue weighted by Crippen LogP contribution is -2.20. The Labute approximate surface area is 123 Å². The predicted molar refractivity (Wildman–Crippen MR) is 84.9 cm³/mol. The third-order valence-corrected chi connectivity index (χ3v) is 4.26. The maximum absolute atomic E-state index is 12.0. The highest BCUT2D eigenvalue weighted by Crippen LogP contribution is 2.26. The highest BCUT2D eigenvalue weighted by Gasteiger charge is 2.18. The molecule has 2 aromatic rings. The van der Waals surface area contributed by atoms with Gasteiger partial charge in [-0.25, -0.2) is 4.98 Å². The topological polar surface area (TPSA) is 68.0 Å². The van der Waals surface area contributed by atoms with E-state index in [2.05, 4.69) is 24.1 Å². The number of amides is 1. The molecule has 1 aromatic carbocycles. The lowest BCUT2D eigenvalue weighted by molar-refractivity contribution is -0.116. The van der Waals surface area contributed by atoms with Crippen LogP contribution in [0.1, 0.15) is 33.1 Å². The number of rotatable bonds is 6. The van der Waals surface area contributed by atoms with Crippen molar-refractivity contribution >= 4 is 33.1 Å². The van der Waals surface area contributed by atoms with E-state index in [4.69, 9.17) is 5.73 Å². The SMILES string of the molecule is CC(C)(CCN)CCC(=O)Nc1ccc2ncsc2c1. The van der Waals surface area contributed by atoms with E-state index in [0.29, 0.717) is 13.0 Å². The summed E-state index contributed by atoms with van der Waals surface area (Å²) in [5.41, 5.74) is 9.32. The molecule has 1 amide bonds. The smallest absolute Gasteiger partial charge is 0.224 e. The number of carbonyl (C=O) groups is 1. The summed E-state index contributed by atoms with van der Waals surface area (Å²) in [5.74, 6) is 0.0546. The van der Waals surface area contributed by atoms with Gasteiger partial charge >= 0.3 is 0 Å². The first-order valence-electron chi connectivity index (χ1n) is 6.83. The molecule has 0 saturated carbocycles. The van der Waals surface area contributed by atoms with E-state index in [1.54, 1.807) is 11.3 Å². The second-order valence-electron chi connectivity index (χ2n) is 5.79. The van der Waals surface area contributed by atoms with Gasteiger partial charge in [0, 0.05) is 12.1 Å². The number of benzene rings is 1. The van der Waals surface area contributed by atoms with E-state index < -0.39 is 0 Å². The molecule has 1 heterocycles. The van der Waals surface area contributed by atoms with Crippen LogP contribution >= 0.6 is 11.3 Å². The van der Waals surface area contributed by atoms with Crippen LogP contribution < -0.4 is 11.1 Å². The van der Waals surface area contributed by atoms with Crippen molar-refractivity contribution in [3.63, 3.8) is 0 Å². The molecule has 1 aromatic heterocycles. The highest BCUT2D eigenvalue weighted by atomic mass is 32.1. The van der Waals surface area contributed by atoms with Crippen LogP contribution in [0, 0.1) is 5.41 Å². The third kappa shape index (κ3) is 4.02. The van der Waals surface area contributed by atoms with E-state index in [1.165, 1.54) is 0 Å². The van der Waals surface area contributed by atoms with E-state index in [1.807, 2.05) is 23.7 Å². The fraction of sp³-hybridized carbons (Fsp3) is 0.467. The van der Waals surface area contributed by atoms with Gasteiger partial charge in [0.1, 0.15) is 0 Å². The van der Waals surface area contributed by atoms with Gasteiger partial charge in [-0.3, -0.25) is 4.79 Å². The van der Waals surface area contributed by atoms with Gasteiger partial charge < -0.3 is 11.1 Å². The molecule has 3 N–H and O–H groups in total. The van der Waals surface area contributed by atoms with Crippen molar-refractivity contribution in [3.8, 4) is 0 Å². The van der Waals surface area contributed by atoms with Gasteiger partial charge in [0.05, 0.1) is 15.7 Å². The molecule has 0 aliphatic carbocycles. The molecule has 0 aliphatic rings. The van der Waals surface area contributed by atoms with Gasteiger partial charge in [0.2, 0.25) is 5.91 Å². The van der Waals surface area contributed by atoms with Crippen LogP contribution in [-0.2, 0) is 4.79 Å². The molecule has 20 heavy (non-hydrogen) atoms. The Bertz CT molecular complexity index is 592. The Balaban J connectivity index is 1.90. The molecule has 108 valence electrons. The molecule has 0 atom stereocenters. The normalized spacial score (nSPS) is 11.8. The lowest BCUT2D eigenvalue weighted by atomic mass is 9.84. The van der Waals surface area contributed by atoms with E-state index in [-0.39, 0.29) is 11.3 Å². The number of hydrogen-bond acceptors (Lipinski definition) is 4. The zero-order chi connectivity index (χ0) is 14.6. The van der Waals surface area contributed by atoms with Crippen LogP contribution in [0.5, 0.6) is 0 Å². The standard InChI is InChI=1S/C15H21N3OS/c1-15(2,7-8-16)6-5-14(19)18-11-3-4-12-13(9-11)20-10-17-12/h3-4,9-10H,5-8,16H2,1-2H3,(H,18,19). The zero-order valence-corrected chi connectivity index (χ0v) is 12.8. The van der Waals surface area contributed by atoms with Crippen LogP contribution in [0.2, 0.25) is 0 Å². The van der Waals surface area contributed by atoms with Crippen molar-refractivity contribution in [2.45, 2.75) is 33.1 Å². The van der Waals surface area contributed by atoms with E-state index in [0.717, 1.165) is 28.7 Å². The van der Waals surface area contributed by atoms with E-state index in [9.17, 15) is 4.79 Å². The Kier molecular flexibility index (Phi) is 4.73. The molecule has 0 spiro atoms. The fourth-order valence-electron chi connectivity index (χ4n) is 2.12. The highest BCUT2D eigenvalue weighted by molar-refractivity contribution is 7.16. The molecule has 0 aliphatic heterocycles. The second kappa shape index (κ2) is 6.33. The molecule has 0 saturated heterocycles. The molecule has 0 fully saturated rings. The van der Waals surface area contributed by atoms with Crippen molar-refractivity contribution in [2.24, 2.45) is 11.1 Å². The fourth-order valence-corrected chi connectivity index (χ4v) is 2.84. The van der Waals surface area contributed by atoms with Crippen molar-refractivity contribution in [2.75, 3.05) is 11.9 Å². The molecule has 5 heteroatoms.